The highest BCUT2D eigenvalue weighted by molar-refractivity contribution is 5.78. The summed E-state index contributed by atoms with van der Waals surface area (Å²) in [4.78, 5) is 16.8. The van der Waals surface area contributed by atoms with Crippen LogP contribution in [0.1, 0.15) is 18.4 Å². The number of halogens is 1. The number of rotatable bonds is 6. The van der Waals surface area contributed by atoms with Crippen molar-refractivity contribution in [2.45, 2.75) is 19.4 Å². The Kier molecular flexibility index (Phi) is 6.78. The molecule has 0 aliphatic carbocycles. The predicted octanol–water partition coefficient (Wildman–Crippen LogP) is 1.49. The molecule has 1 aromatic rings. The Bertz CT molecular complexity index is 555. The molecule has 0 aromatic heterocycles. The van der Waals surface area contributed by atoms with Crippen molar-refractivity contribution in [2.75, 3.05) is 52.5 Å². The van der Waals surface area contributed by atoms with Crippen LogP contribution in [0.3, 0.4) is 0 Å². The van der Waals surface area contributed by atoms with E-state index in [0.29, 0.717) is 12.1 Å². The van der Waals surface area contributed by atoms with Gasteiger partial charge in [-0.3, -0.25) is 14.6 Å². The smallest absolute Gasteiger partial charge is 0.234 e. The molecule has 1 amide bonds. The van der Waals surface area contributed by atoms with E-state index in [1.54, 1.807) is 18.2 Å². The molecule has 6 heteroatoms. The molecule has 2 aliphatic rings. The molecule has 2 heterocycles. The van der Waals surface area contributed by atoms with Crippen LogP contribution < -0.4 is 5.32 Å². The van der Waals surface area contributed by atoms with Gasteiger partial charge in [0.2, 0.25) is 5.91 Å². The number of carbonyl (C=O) groups is 1. The van der Waals surface area contributed by atoms with Gasteiger partial charge in [0.05, 0.1) is 19.8 Å². The molecule has 5 nitrogen and oxygen atoms in total. The summed E-state index contributed by atoms with van der Waals surface area (Å²) < 4.78 is 19.0. The molecular weight excluding hydrogens is 321 g/mol. The number of amides is 1. The minimum atomic E-state index is -0.272. The van der Waals surface area contributed by atoms with Crippen molar-refractivity contribution >= 4 is 5.91 Å². The van der Waals surface area contributed by atoms with Crippen LogP contribution in [0.4, 0.5) is 4.39 Å². The van der Waals surface area contributed by atoms with Crippen molar-refractivity contribution in [1.82, 2.24) is 15.1 Å². The first-order valence-corrected chi connectivity index (χ1v) is 9.23. The third-order valence-electron chi connectivity index (χ3n) is 5.13. The van der Waals surface area contributed by atoms with Gasteiger partial charge in [-0.2, -0.15) is 0 Å². The van der Waals surface area contributed by atoms with Gasteiger partial charge < -0.3 is 10.1 Å². The molecule has 0 saturated carbocycles. The summed E-state index contributed by atoms with van der Waals surface area (Å²) in [6, 6.07) is 6.55. The van der Waals surface area contributed by atoms with Crippen molar-refractivity contribution in [2.24, 2.45) is 5.92 Å². The molecule has 0 radical (unpaired) electrons. The quantitative estimate of drug-likeness (QED) is 0.845. The lowest BCUT2D eigenvalue weighted by atomic mass is 9.96. The Morgan fingerprint density at radius 3 is 2.56 bits per heavy atom. The average molecular weight is 349 g/mol. The Balaban J connectivity index is 1.34. The summed E-state index contributed by atoms with van der Waals surface area (Å²) in [6.45, 7) is 7.50. The topological polar surface area (TPSA) is 44.8 Å². The van der Waals surface area contributed by atoms with Crippen molar-refractivity contribution in [3.8, 4) is 0 Å². The van der Waals surface area contributed by atoms with E-state index in [1.807, 2.05) is 0 Å². The third kappa shape index (κ3) is 5.76. The summed E-state index contributed by atoms with van der Waals surface area (Å²) in [5.74, 6) is 0.414. The molecule has 2 saturated heterocycles. The maximum absolute atomic E-state index is 13.6. The fourth-order valence-corrected chi connectivity index (χ4v) is 3.57. The van der Waals surface area contributed by atoms with Gasteiger partial charge in [-0.05, 0) is 37.9 Å². The van der Waals surface area contributed by atoms with Gasteiger partial charge in [0.25, 0.3) is 0 Å². The van der Waals surface area contributed by atoms with Gasteiger partial charge in [0.15, 0.2) is 0 Å². The van der Waals surface area contributed by atoms with Crippen LogP contribution in [0, 0.1) is 11.7 Å². The number of likely N-dealkylation sites (tertiary alicyclic amines) is 1. The standard InChI is InChI=1S/C19H28FN3O2/c20-18-4-2-1-3-17(18)13-21-19(24)15-22-7-5-16(6-8-22)14-23-9-11-25-12-10-23/h1-4,16H,5-15H2,(H,21,24). The Labute approximate surface area is 149 Å². The van der Waals surface area contributed by atoms with Crippen molar-refractivity contribution < 1.29 is 13.9 Å². The number of ether oxygens (including phenoxy) is 1. The SMILES string of the molecule is O=C(CN1CCC(CN2CCOCC2)CC1)NCc1ccccc1F. The second-order valence-corrected chi connectivity index (χ2v) is 7.00. The van der Waals surface area contributed by atoms with E-state index in [0.717, 1.165) is 64.7 Å². The fourth-order valence-electron chi connectivity index (χ4n) is 3.57. The van der Waals surface area contributed by atoms with Gasteiger partial charge in [-0.1, -0.05) is 18.2 Å². The zero-order chi connectivity index (χ0) is 17.5. The van der Waals surface area contributed by atoms with Crippen molar-refractivity contribution in [1.29, 1.82) is 0 Å². The summed E-state index contributed by atoms with van der Waals surface area (Å²) in [7, 11) is 0. The molecule has 0 atom stereocenters. The first-order chi connectivity index (χ1) is 12.2. The molecule has 2 aliphatic heterocycles. The summed E-state index contributed by atoms with van der Waals surface area (Å²) in [5.41, 5.74) is 0.528. The lowest BCUT2D eigenvalue weighted by Gasteiger charge is -2.35. The van der Waals surface area contributed by atoms with Gasteiger partial charge in [-0.25, -0.2) is 4.39 Å². The van der Waals surface area contributed by atoms with Crippen LogP contribution >= 0.6 is 0 Å². The largest absolute Gasteiger partial charge is 0.379 e. The summed E-state index contributed by atoms with van der Waals surface area (Å²) in [5, 5.41) is 2.82. The fraction of sp³-hybridized carbons (Fsp3) is 0.632. The molecule has 3 rings (SSSR count). The van der Waals surface area contributed by atoms with Crippen molar-refractivity contribution in [3.05, 3.63) is 35.6 Å². The first-order valence-electron chi connectivity index (χ1n) is 9.23. The van der Waals surface area contributed by atoms with E-state index in [4.69, 9.17) is 4.74 Å². The predicted molar refractivity (Wildman–Crippen MR) is 94.7 cm³/mol. The first kappa shape index (κ1) is 18.3. The number of piperidine rings is 1. The highest BCUT2D eigenvalue weighted by atomic mass is 19.1. The number of hydrogen-bond acceptors (Lipinski definition) is 4. The minimum absolute atomic E-state index is 0.0325. The van der Waals surface area contributed by atoms with Crippen LogP contribution in [0.15, 0.2) is 24.3 Å². The highest BCUT2D eigenvalue weighted by Gasteiger charge is 2.23. The van der Waals surface area contributed by atoms with Crippen LogP contribution in [-0.4, -0.2) is 68.2 Å². The Morgan fingerprint density at radius 1 is 1.12 bits per heavy atom. The van der Waals surface area contributed by atoms with Gasteiger partial charge >= 0.3 is 0 Å². The lowest BCUT2D eigenvalue weighted by Crippen LogP contribution is -2.45. The summed E-state index contributed by atoms with van der Waals surface area (Å²) >= 11 is 0. The minimum Gasteiger partial charge on any atom is -0.379 e. The van der Waals surface area contributed by atoms with E-state index < -0.39 is 0 Å². The molecule has 1 N–H and O–H groups in total. The molecule has 25 heavy (non-hydrogen) atoms. The van der Waals surface area contributed by atoms with Gasteiger partial charge in [0.1, 0.15) is 5.82 Å². The number of benzene rings is 1. The number of nitrogens with one attached hydrogen (secondary N) is 1. The normalized spacial score (nSPS) is 20.5. The monoisotopic (exact) mass is 349 g/mol. The Hall–Kier alpha value is -1.50. The molecule has 0 bridgehead atoms. The number of hydrogen-bond donors (Lipinski definition) is 1. The van der Waals surface area contributed by atoms with Gasteiger partial charge in [-0.15, -0.1) is 0 Å². The third-order valence-corrected chi connectivity index (χ3v) is 5.13. The molecule has 0 unspecified atom stereocenters. The highest BCUT2D eigenvalue weighted by Crippen LogP contribution is 2.18. The lowest BCUT2D eigenvalue weighted by molar-refractivity contribution is -0.122. The second kappa shape index (κ2) is 9.27. The Morgan fingerprint density at radius 2 is 1.84 bits per heavy atom. The molecule has 138 valence electrons. The second-order valence-electron chi connectivity index (χ2n) is 7.00. The van der Waals surface area contributed by atoms with E-state index in [9.17, 15) is 9.18 Å². The molecular formula is C19H28FN3O2. The number of carbonyl (C=O) groups excluding carboxylic acids is 1. The van der Waals surface area contributed by atoms with Gasteiger partial charge in [0, 0.05) is 31.7 Å². The number of nitrogens with zero attached hydrogens (tertiary/aromatic N) is 2. The zero-order valence-electron chi connectivity index (χ0n) is 14.8. The van der Waals surface area contributed by atoms with Crippen LogP contribution in [0.2, 0.25) is 0 Å². The van der Waals surface area contributed by atoms with Crippen LogP contribution in [-0.2, 0) is 16.1 Å². The van der Waals surface area contributed by atoms with E-state index in [2.05, 4.69) is 15.1 Å². The number of morpholine rings is 1. The van der Waals surface area contributed by atoms with E-state index in [1.165, 1.54) is 6.07 Å². The van der Waals surface area contributed by atoms with Crippen LogP contribution in [0.5, 0.6) is 0 Å². The maximum Gasteiger partial charge on any atom is 0.234 e. The average Bonchev–Trinajstić information content (AvgIpc) is 2.64. The molecule has 0 spiro atoms. The van der Waals surface area contributed by atoms with Crippen LogP contribution in [0.25, 0.3) is 0 Å². The maximum atomic E-state index is 13.6. The van der Waals surface area contributed by atoms with E-state index >= 15 is 0 Å². The molecule has 2 fully saturated rings. The van der Waals surface area contributed by atoms with E-state index in [-0.39, 0.29) is 18.3 Å². The summed E-state index contributed by atoms with van der Waals surface area (Å²) in [6.07, 6.45) is 2.27. The molecule has 1 aromatic carbocycles. The van der Waals surface area contributed by atoms with Crippen molar-refractivity contribution in [3.63, 3.8) is 0 Å². The zero-order valence-corrected chi connectivity index (χ0v) is 14.8.